The number of aliphatic hydroxyl groups excluding tert-OH is 1. The molecule has 0 radical (unpaired) electrons. The zero-order valence-corrected chi connectivity index (χ0v) is 11.3. The van der Waals surface area contributed by atoms with E-state index in [0.29, 0.717) is 19.5 Å². The monoisotopic (exact) mass is 262 g/mol. The van der Waals surface area contributed by atoms with Crippen LogP contribution in [-0.4, -0.2) is 67.2 Å². The number of hydrogen-bond donors (Lipinski definition) is 2. The molecule has 0 spiro atoms. The second-order valence-electron chi connectivity index (χ2n) is 5.81. The van der Waals surface area contributed by atoms with E-state index in [-0.39, 0.29) is 23.1 Å². The lowest BCUT2D eigenvalue weighted by atomic mass is 10.00. The largest absolute Gasteiger partial charge is 0.390 e. The topological polar surface area (TPSA) is 69.6 Å². The van der Waals surface area contributed by atoms with Crippen LogP contribution in [0.1, 0.15) is 20.3 Å². The van der Waals surface area contributed by atoms with Gasteiger partial charge in [0, 0.05) is 31.2 Å². The van der Waals surface area contributed by atoms with Gasteiger partial charge in [-0.05, 0) is 20.3 Å². The molecule has 0 aromatic rings. The molecule has 2 N–H and O–H groups in total. The van der Waals surface area contributed by atoms with Gasteiger partial charge in [-0.1, -0.05) is 0 Å². The molecule has 0 aliphatic carbocycles. The van der Waals surface area contributed by atoms with Crippen LogP contribution in [0.3, 0.4) is 0 Å². The zero-order chi connectivity index (χ0) is 12.7. The molecule has 2 unspecified atom stereocenters. The van der Waals surface area contributed by atoms with E-state index in [4.69, 9.17) is 0 Å². The Kier molecular flexibility index (Phi) is 3.51. The second kappa shape index (κ2) is 4.50. The third-order valence-corrected chi connectivity index (χ3v) is 5.52. The zero-order valence-electron chi connectivity index (χ0n) is 10.5. The molecule has 6 heteroatoms. The number of β-amino-alcohol motifs (C(OH)–C–C–N with tert-alkyl or cyclic N) is 1. The van der Waals surface area contributed by atoms with Crippen LogP contribution in [0.5, 0.6) is 0 Å². The van der Waals surface area contributed by atoms with Gasteiger partial charge in [0.05, 0.1) is 17.6 Å². The van der Waals surface area contributed by atoms with Crippen LogP contribution in [0.2, 0.25) is 0 Å². The van der Waals surface area contributed by atoms with Gasteiger partial charge in [-0.15, -0.1) is 0 Å². The van der Waals surface area contributed by atoms with Gasteiger partial charge in [-0.3, -0.25) is 4.90 Å². The first-order chi connectivity index (χ1) is 7.80. The van der Waals surface area contributed by atoms with Gasteiger partial charge in [0.15, 0.2) is 9.84 Å². The van der Waals surface area contributed by atoms with Crippen molar-refractivity contribution >= 4 is 9.84 Å². The van der Waals surface area contributed by atoms with Crippen molar-refractivity contribution in [1.29, 1.82) is 0 Å². The average Bonchev–Trinajstić information content (AvgIpc) is 2.47. The van der Waals surface area contributed by atoms with Crippen molar-refractivity contribution in [3.05, 3.63) is 0 Å². The molecule has 5 nitrogen and oxygen atoms in total. The number of rotatable bonds is 1. The molecule has 0 amide bonds. The van der Waals surface area contributed by atoms with E-state index in [1.807, 2.05) is 0 Å². The third kappa shape index (κ3) is 2.99. The van der Waals surface area contributed by atoms with Crippen LogP contribution in [0, 0.1) is 0 Å². The minimum Gasteiger partial charge on any atom is -0.390 e. The molecule has 17 heavy (non-hydrogen) atoms. The molecule has 2 fully saturated rings. The van der Waals surface area contributed by atoms with Crippen LogP contribution >= 0.6 is 0 Å². The minimum absolute atomic E-state index is 0.0598. The molecule has 2 aliphatic heterocycles. The Labute approximate surface area is 103 Å². The van der Waals surface area contributed by atoms with Gasteiger partial charge in [0.1, 0.15) is 0 Å². The average molecular weight is 262 g/mol. The fraction of sp³-hybridized carbons (Fsp3) is 1.00. The Morgan fingerprint density at radius 1 is 1.41 bits per heavy atom. The van der Waals surface area contributed by atoms with Gasteiger partial charge in [-0.25, -0.2) is 8.42 Å². The fourth-order valence-corrected chi connectivity index (χ4v) is 4.58. The lowest BCUT2D eigenvalue weighted by Gasteiger charge is -2.41. The minimum atomic E-state index is -2.87. The summed E-state index contributed by atoms with van der Waals surface area (Å²) in [4.78, 5) is 2.17. The Morgan fingerprint density at radius 3 is 2.71 bits per heavy atom. The predicted molar refractivity (Wildman–Crippen MR) is 66.7 cm³/mol. The summed E-state index contributed by atoms with van der Waals surface area (Å²) in [5.74, 6) is 0.525. The van der Waals surface area contributed by atoms with Gasteiger partial charge in [-0.2, -0.15) is 0 Å². The number of nitrogens with zero attached hydrogens (tertiary/aromatic N) is 1. The fourth-order valence-electron chi connectivity index (χ4n) is 2.85. The maximum atomic E-state index is 11.6. The van der Waals surface area contributed by atoms with Crippen LogP contribution in [-0.2, 0) is 9.84 Å². The van der Waals surface area contributed by atoms with Gasteiger partial charge < -0.3 is 10.4 Å². The Hall–Kier alpha value is -0.170. The molecular weight excluding hydrogens is 240 g/mol. The first-order valence-corrected chi connectivity index (χ1v) is 7.98. The Morgan fingerprint density at radius 2 is 2.12 bits per heavy atom. The summed E-state index contributed by atoms with van der Waals surface area (Å²) in [6, 6.07) is 0.0598. The van der Waals surface area contributed by atoms with E-state index >= 15 is 0 Å². The third-order valence-electron chi connectivity index (χ3n) is 3.77. The van der Waals surface area contributed by atoms with E-state index in [2.05, 4.69) is 24.1 Å². The number of nitrogens with one attached hydrogen (secondary N) is 1. The number of hydrogen-bond acceptors (Lipinski definition) is 5. The highest BCUT2D eigenvalue weighted by molar-refractivity contribution is 7.91. The molecule has 0 aromatic carbocycles. The highest BCUT2D eigenvalue weighted by Crippen LogP contribution is 2.26. The standard InChI is InChI=1S/C11H22N2O3S/c1-11(2)8-12-5-10(14)6-13(11)9-3-4-17(15,16)7-9/h9-10,12,14H,3-8H2,1-2H3. The smallest absolute Gasteiger partial charge is 0.151 e. The summed E-state index contributed by atoms with van der Waals surface area (Å²) in [5, 5.41) is 13.0. The molecular formula is C11H22N2O3S. The van der Waals surface area contributed by atoms with E-state index in [1.54, 1.807) is 0 Å². The number of sulfone groups is 1. The van der Waals surface area contributed by atoms with Crippen molar-refractivity contribution < 1.29 is 13.5 Å². The summed E-state index contributed by atoms with van der Waals surface area (Å²) in [5.41, 5.74) is -0.109. The highest BCUT2D eigenvalue weighted by atomic mass is 32.2. The maximum Gasteiger partial charge on any atom is 0.151 e. The summed E-state index contributed by atoms with van der Waals surface area (Å²) in [6.07, 6.45) is 0.276. The van der Waals surface area contributed by atoms with Crippen molar-refractivity contribution in [2.45, 2.75) is 38.0 Å². The van der Waals surface area contributed by atoms with Crippen LogP contribution in [0.4, 0.5) is 0 Å². The maximum absolute atomic E-state index is 11.6. The van der Waals surface area contributed by atoms with Gasteiger partial charge >= 0.3 is 0 Å². The lowest BCUT2D eigenvalue weighted by Crippen LogP contribution is -2.54. The molecule has 2 saturated heterocycles. The van der Waals surface area contributed by atoms with Crippen molar-refractivity contribution in [3.63, 3.8) is 0 Å². The molecule has 2 heterocycles. The molecule has 2 rings (SSSR count). The number of aliphatic hydroxyl groups is 1. The van der Waals surface area contributed by atoms with Crippen molar-refractivity contribution in [3.8, 4) is 0 Å². The normalized spacial score (nSPS) is 37.8. The summed E-state index contributed by atoms with van der Waals surface area (Å²) >= 11 is 0. The van der Waals surface area contributed by atoms with E-state index in [9.17, 15) is 13.5 Å². The SMILES string of the molecule is CC1(C)CNCC(O)CN1C1CCS(=O)(=O)C1. The highest BCUT2D eigenvalue weighted by Gasteiger charge is 2.40. The molecule has 0 aromatic heterocycles. The van der Waals surface area contributed by atoms with E-state index < -0.39 is 15.9 Å². The summed E-state index contributed by atoms with van der Waals surface area (Å²) in [7, 11) is -2.87. The van der Waals surface area contributed by atoms with Crippen LogP contribution in [0.15, 0.2) is 0 Å². The summed E-state index contributed by atoms with van der Waals surface area (Å²) in [6.45, 7) is 6.12. The molecule has 100 valence electrons. The lowest BCUT2D eigenvalue weighted by molar-refractivity contribution is 0.0480. The Balaban J connectivity index is 2.16. The first-order valence-electron chi connectivity index (χ1n) is 6.16. The van der Waals surface area contributed by atoms with Crippen LogP contribution < -0.4 is 5.32 Å². The quantitative estimate of drug-likeness (QED) is 0.649. The predicted octanol–water partition coefficient (Wildman–Crippen LogP) is -0.782. The van der Waals surface area contributed by atoms with E-state index in [1.165, 1.54) is 0 Å². The van der Waals surface area contributed by atoms with Crippen molar-refractivity contribution in [2.24, 2.45) is 0 Å². The van der Waals surface area contributed by atoms with Gasteiger partial charge in [0.2, 0.25) is 0 Å². The first kappa shape index (κ1) is 13.3. The molecule has 2 aliphatic rings. The van der Waals surface area contributed by atoms with Gasteiger partial charge in [0.25, 0.3) is 0 Å². The Bertz CT molecular complexity index is 380. The summed E-state index contributed by atoms with van der Waals surface area (Å²) < 4.78 is 23.1. The van der Waals surface area contributed by atoms with E-state index in [0.717, 1.165) is 6.54 Å². The van der Waals surface area contributed by atoms with Crippen molar-refractivity contribution in [2.75, 3.05) is 31.1 Å². The van der Waals surface area contributed by atoms with Crippen molar-refractivity contribution in [1.82, 2.24) is 10.2 Å². The van der Waals surface area contributed by atoms with Crippen LogP contribution in [0.25, 0.3) is 0 Å². The second-order valence-corrected chi connectivity index (χ2v) is 8.04. The molecule has 0 saturated carbocycles. The molecule has 0 bridgehead atoms. The molecule has 2 atom stereocenters.